The molecule has 4 heteroatoms. The lowest BCUT2D eigenvalue weighted by atomic mass is 9.89. The minimum Gasteiger partial charge on any atom is -0.481 e. The second-order valence-corrected chi connectivity index (χ2v) is 6.67. The molecule has 1 saturated heterocycles. The van der Waals surface area contributed by atoms with Gasteiger partial charge in [0.25, 0.3) is 0 Å². The fourth-order valence-electron chi connectivity index (χ4n) is 3.46. The molecule has 0 aromatic heterocycles. The van der Waals surface area contributed by atoms with Gasteiger partial charge in [-0.25, -0.2) is 0 Å². The monoisotopic (exact) mass is 337 g/mol. The van der Waals surface area contributed by atoms with Crippen molar-refractivity contribution in [2.24, 2.45) is 5.92 Å². The van der Waals surface area contributed by atoms with Gasteiger partial charge in [-0.3, -0.25) is 9.59 Å². The number of carbonyl (C=O) groups excluding carboxylic acids is 1. The van der Waals surface area contributed by atoms with Gasteiger partial charge in [0.05, 0.1) is 5.92 Å². The fraction of sp³-hybridized carbons (Fsp3) is 0.333. The van der Waals surface area contributed by atoms with Crippen LogP contribution >= 0.6 is 0 Å². The minimum absolute atomic E-state index is 0.0496. The Hall–Kier alpha value is -2.62. The fourth-order valence-corrected chi connectivity index (χ4v) is 3.46. The van der Waals surface area contributed by atoms with Crippen molar-refractivity contribution in [3.8, 4) is 0 Å². The van der Waals surface area contributed by atoms with E-state index in [1.54, 1.807) is 4.90 Å². The number of amides is 1. The van der Waals surface area contributed by atoms with Crippen molar-refractivity contribution < 1.29 is 14.7 Å². The Balaban J connectivity index is 1.71. The summed E-state index contributed by atoms with van der Waals surface area (Å²) in [5.41, 5.74) is 2.35. The molecule has 25 heavy (non-hydrogen) atoms. The molecule has 1 aliphatic heterocycles. The van der Waals surface area contributed by atoms with Crippen LogP contribution in [0.5, 0.6) is 0 Å². The number of likely N-dealkylation sites (tertiary alicyclic amines) is 1. The van der Waals surface area contributed by atoms with Crippen LogP contribution in [0.25, 0.3) is 0 Å². The molecule has 2 atom stereocenters. The highest BCUT2D eigenvalue weighted by Crippen LogP contribution is 2.27. The predicted molar refractivity (Wildman–Crippen MR) is 96.3 cm³/mol. The van der Waals surface area contributed by atoms with E-state index in [-0.39, 0.29) is 11.8 Å². The first kappa shape index (κ1) is 17.2. The summed E-state index contributed by atoms with van der Waals surface area (Å²) in [6.07, 6.45) is 1.76. The summed E-state index contributed by atoms with van der Waals surface area (Å²) >= 11 is 0. The van der Waals surface area contributed by atoms with Crippen LogP contribution in [0, 0.1) is 5.92 Å². The van der Waals surface area contributed by atoms with E-state index in [0.717, 1.165) is 12.0 Å². The van der Waals surface area contributed by atoms with Gasteiger partial charge in [0.15, 0.2) is 0 Å². The number of nitrogens with zero attached hydrogens (tertiary/aromatic N) is 1. The largest absolute Gasteiger partial charge is 0.481 e. The molecule has 1 amide bonds. The molecule has 0 unspecified atom stereocenters. The first-order valence-electron chi connectivity index (χ1n) is 8.73. The summed E-state index contributed by atoms with van der Waals surface area (Å²) < 4.78 is 0. The average Bonchev–Trinajstić information content (AvgIpc) is 3.13. The molecule has 130 valence electrons. The highest BCUT2D eigenvalue weighted by atomic mass is 16.4. The molecule has 2 aromatic rings. The standard InChI is InChI=1S/C21H23NO3/c23-20(22-12-11-18(15-22)21(24)25)14-19(17-9-5-2-6-10-17)13-16-7-3-1-4-8-16/h1-10,18-19H,11-15H2,(H,24,25)/t18-,19+/m0/s1. The molecule has 4 nitrogen and oxygen atoms in total. The normalized spacial score (nSPS) is 18.1. The van der Waals surface area contributed by atoms with Crippen LogP contribution in [0.1, 0.15) is 29.9 Å². The highest BCUT2D eigenvalue weighted by molar-refractivity contribution is 5.79. The Labute approximate surface area is 148 Å². The van der Waals surface area contributed by atoms with Crippen LogP contribution in [0.4, 0.5) is 0 Å². The van der Waals surface area contributed by atoms with E-state index < -0.39 is 11.9 Å². The molecular formula is C21H23NO3. The van der Waals surface area contributed by atoms with Crippen LogP contribution in [0.2, 0.25) is 0 Å². The minimum atomic E-state index is -0.806. The van der Waals surface area contributed by atoms with E-state index in [1.165, 1.54) is 5.56 Å². The Bertz CT molecular complexity index is 714. The Morgan fingerprint density at radius 2 is 1.68 bits per heavy atom. The zero-order chi connectivity index (χ0) is 17.6. The smallest absolute Gasteiger partial charge is 0.308 e. The van der Waals surface area contributed by atoms with Gasteiger partial charge in [0, 0.05) is 19.5 Å². The van der Waals surface area contributed by atoms with E-state index in [0.29, 0.717) is 25.9 Å². The third kappa shape index (κ3) is 4.47. The van der Waals surface area contributed by atoms with Crippen LogP contribution in [0.15, 0.2) is 60.7 Å². The van der Waals surface area contributed by atoms with Gasteiger partial charge in [-0.05, 0) is 29.9 Å². The molecule has 1 aliphatic rings. The molecule has 2 aromatic carbocycles. The van der Waals surface area contributed by atoms with Crippen molar-refractivity contribution in [2.45, 2.75) is 25.2 Å². The van der Waals surface area contributed by atoms with E-state index in [2.05, 4.69) is 24.3 Å². The van der Waals surface area contributed by atoms with E-state index in [1.807, 2.05) is 36.4 Å². The third-order valence-corrected chi connectivity index (χ3v) is 4.91. The molecule has 1 fully saturated rings. The Kier molecular flexibility index (Phi) is 5.49. The number of carboxylic acids is 1. The molecule has 1 heterocycles. The van der Waals surface area contributed by atoms with Gasteiger partial charge in [0.2, 0.25) is 5.91 Å². The summed E-state index contributed by atoms with van der Waals surface area (Å²) in [5.74, 6) is -1.08. The lowest BCUT2D eigenvalue weighted by Gasteiger charge is -2.22. The average molecular weight is 337 g/mol. The summed E-state index contributed by atoms with van der Waals surface area (Å²) in [5, 5.41) is 9.13. The predicted octanol–water partition coefficient (Wildman–Crippen LogP) is 3.34. The van der Waals surface area contributed by atoms with E-state index >= 15 is 0 Å². The molecule has 0 saturated carbocycles. The first-order chi connectivity index (χ1) is 12.1. The van der Waals surface area contributed by atoms with Crippen LogP contribution in [-0.2, 0) is 16.0 Å². The van der Waals surface area contributed by atoms with Crippen molar-refractivity contribution in [1.82, 2.24) is 4.90 Å². The van der Waals surface area contributed by atoms with Crippen molar-refractivity contribution in [1.29, 1.82) is 0 Å². The van der Waals surface area contributed by atoms with Gasteiger partial charge >= 0.3 is 5.97 Å². The van der Waals surface area contributed by atoms with Gasteiger partial charge in [-0.1, -0.05) is 60.7 Å². The van der Waals surface area contributed by atoms with Crippen molar-refractivity contribution in [2.75, 3.05) is 13.1 Å². The van der Waals surface area contributed by atoms with Gasteiger partial charge in [-0.2, -0.15) is 0 Å². The number of hydrogen-bond acceptors (Lipinski definition) is 2. The zero-order valence-corrected chi connectivity index (χ0v) is 14.2. The number of carbonyl (C=O) groups is 2. The molecule has 0 spiro atoms. The number of aliphatic carboxylic acids is 1. The van der Waals surface area contributed by atoms with Crippen LogP contribution in [0.3, 0.4) is 0 Å². The maximum absolute atomic E-state index is 12.7. The summed E-state index contributed by atoms with van der Waals surface area (Å²) in [7, 11) is 0. The zero-order valence-electron chi connectivity index (χ0n) is 14.2. The number of benzene rings is 2. The number of carboxylic acid groups (broad SMARTS) is 1. The lowest BCUT2D eigenvalue weighted by molar-refractivity contribution is -0.141. The summed E-state index contributed by atoms with van der Waals surface area (Å²) in [6, 6.07) is 20.3. The first-order valence-corrected chi connectivity index (χ1v) is 8.73. The summed E-state index contributed by atoms with van der Waals surface area (Å²) in [6.45, 7) is 0.879. The van der Waals surface area contributed by atoms with Crippen molar-refractivity contribution >= 4 is 11.9 Å². The second-order valence-electron chi connectivity index (χ2n) is 6.67. The quantitative estimate of drug-likeness (QED) is 0.879. The molecule has 0 aliphatic carbocycles. The summed E-state index contributed by atoms with van der Waals surface area (Å²) in [4.78, 5) is 25.5. The lowest BCUT2D eigenvalue weighted by Crippen LogP contribution is -2.31. The van der Waals surface area contributed by atoms with E-state index in [9.17, 15) is 9.59 Å². The van der Waals surface area contributed by atoms with Crippen molar-refractivity contribution in [3.05, 3.63) is 71.8 Å². The van der Waals surface area contributed by atoms with Crippen LogP contribution < -0.4 is 0 Å². The Morgan fingerprint density at radius 3 is 2.28 bits per heavy atom. The number of hydrogen-bond donors (Lipinski definition) is 1. The maximum Gasteiger partial charge on any atom is 0.308 e. The second kappa shape index (κ2) is 7.97. The van der Waals surface area contributed by atoms with Crippen molar-refractivity contribution in [3.63, 3.8) is 0 Å². The molecular weight excluding hydrogens is 314 g/mol. The molecule has 1 N–H and O–H groups in total. The topological polar surface area (TPSA) is 57.6 Å². The van der Waals surface area contributed by atoms with Gasteiger partial charge < -0.3 is 10.0 Å². The third-order valence-electron chi connectivity index (χ3n) is 4.91. The molecule has 0 radical (unpaired) electrons. The Morgan fingerprint density at radius 1 is 1.04 bits per heavy atom. The van der Waals surface area contributed by atoms with Crippen LogP contribution in [-0.4, -0.2) is 35.0 Å². The van der Waals surface area contributed by atoms with Gasteiger partial charge in [0.1, 0.15) is 0 Å². The van der Waals surface area contributed by atoms with E-state index in [4.69, 9.17) is 5.11 Å². The molecule has 0 bridgehead atoms. The number of rotatable bonds is 6. The molecule has 3 rings (SSSR count). The SMILES string of the molecule is O=C(O)[C@H]1CCN(C(=O)C[C@@H](Cc2ccccc2)c2ccccc2)C1. The van der Waals surface area contributed by atoms with Gasteiger partial charge in [-0.15, -0.1) is 0 Å². The maximum atomic E-state index is 12.7. The highest BCUT2D eigenvalue weighted by Gasteiger charge is 2.31.